The first-order valence-corrected chi connectivity index (χ1v) is 11.5. The Hall–Kier alpha value is -3.48. The number of rotatable bonds is 6. The molecule has 0 spiro atoms. The number of nitro groups is 1. The predicted octanol–water partition coefficient (Wildman–Crippen LogP) is 5.28. The van der Waals surface area contributed by atoms with E-state index in [1.54, 1.807) is 11.0 Å². The van der Waals surface area contributed by atoms with Gasteiger partial charge in [-0.2, -0.15) is 0 Å². The zero-order chi connectivity index (χ0) is 23.7. The molecule has 4 rings (SSSR count). The summed E-state index contributed by atoms with van der Waals surface area (Å²) in [5.74, 6) is -0.360. The Morgan fingerprint density at radius 1 is 1.06 bits per heavy atom. The van der Waals surface area contributed by atoms with Crippen LogP contribution in [0.1, 0.15) is 56.6 Å². The highest BCUT2D eigenvalue weighted by molar-refractivity contribution is 6.07. The van der Waals surface area contributed by atoms with Crippen LogP contribution in [0.15, 0.2) is 53.7 Å². The van der Waals surface area contributed by atoms with Crippen LogP contribution < -0.4 is 9.80 Å². The molecule has 0 fully saturated rings. The highest BCUT2D eigenvalue weighted by Gasteiger charge is 2.40. The average molecular weight is 448 g/mol. The van der Waals surface area contributed by atoms with E-state index >= 15 is 0 Å². The number of carbonyl (C=O) groups is 2. The quantitative estimate of drug-likeness (QED) is 0.444. The summed E-state index contributed by atoms with van der Waals surface area (Å²) >= 11 is 0. The molecular formula is C26H29N3O4. The van der Waals surface area contributed by atoms with E-state index in [2.05, 4.69) is 30.9 Å². The van der Waals surface area contributed by atoms with Gasteiger partial charge in [-0.05, 0) is 56.9 Å². The molecule has 0 aromatic heterocycles. The lowest BCUT2D eigenvalue weighted by Crippen LogP contribution is -2.41. The van der Waals surface area contributed by atoms with E-state index in [1.807, 2.05) is 19.1 Å². The van der Waals surface area contributed by atoms with Crippen molar-refractivity contribution < 1.29 is 14.5 Å². The molecule has 1 heterocycles. The van der Waals surface area contributed by atoms with Gasteiger partial charge in [0, 0.05) is 60.9 Å². The van der Waals surface area contributed by atoms with Crippen LogP contribution in [-0.2, 0) is 9.59 Å². The summed E-state index contributed by atoms with van der Waals surface area (Å²) in [6.07, 6.45) is 1.89. The molecule has 0 bridgehead atoms. The molecule has 1 aliphatic heterocycles. The number of benzene rings is 2. The molecule has 1 atom stereocenters. The first-order valence-electron chi connectivity index (χ1n) is 11.5. The van der Waals surface area contributed by atoms with Gasteiger partial charge < -0.3 is 4.90 Å². The molecule has 2 aromatic rings. The second kappa shape index (κ2) is 9.17. The number of aryl methyl sites for hydroxylation is 1. The molecule has 0 saturated carbocycles. The van der Waals surface area contributed by atoms with Crippen molar-refractivity contribution in [2.45, 2.75) is 52.4 Å². The monoisotopic (exact) mass is 447 g/mol. The summed E-state index contributed by atoms with van der Waals surface area (Å²) in [4.78, 5) is 41.3. The molecule has 0 saturated heterocycles. The Labute approximate surface area is 193 Å². The van der Waals surface area contributed by atoms with Gasteiger partial charge in [0.25, 0.3) is 5.69 Å². The first-order chi connectivity index (χ1) is 15.8. The van der Waals surface area contributed by atoms with Gasteiger partial charge in [0.1, 0.15) is 0 Å². The Bertz CT molecular complexity index is 1130. The second-order valence-corrected chi connectivity index (χ2v) is 8.61. The Kier molecular flexibility index (Phi) is 6.31. The summed E-state index contributed by atoms with van der Waals surface area (Å²) in [6, 6.07) is 12.7. The van der Waals surface area contributed by atoms with E-state index < -0.39 is 4.92 Å². The lowest BCUT2D eigenvalue weighted by molar-refractivity contribution is -0.384. The second-order valence-electron chi connectivity index (χ2n) is 8.61. The van der Waals surface area contributed by atoms with E-state index in [-0.39, 0.29) is 29.7 Å². The van der Waals surface area contributed by atoms with E-state index in [1.165, 1.54) is 12.1 Å². The van der Waals surface area contributed by atoms with Gasteiger partial charge in [-0.15, -0.1) is 0 Å². The lowest BCUT2D eigenvalue weighted by Gasteiger charge is -2.39. The minimum absolute atomic E-state index is 0.0645. The van der Waals surface area contributed by atoms with Gasteiger partial charge in [0.2, 0.25) is 5.91 Å². The van der Waals surface area contributed by atoms with Crippen LogP contribution >= 0.6 is 0 Å². The number of ketones is 1. The van der Waals surface area contributed by atoms with Crippen LogP contribution in [0.2, 0.25) is 0 Å². The van der Waals surface area contributed by atoms with Crippen molar-refractivity contribution >= 4 is 28.8 Å². The molecule has 1 unspecified atom stereocenters. The van der Waals surface area contributed by atoms with Crippen LogP contribution in [0.25, 0.3) is 0 Å². The van der Waals surface area contributed by atoms with Crippen LogP contribution in [0.4, 0.5) is 17.1 Å². The van der Waals surface area contributed by atoms with Crippen LogP contribution in [0, 0.1) is 17.0 Å². The SMILES string of the molecule is CCN(CC)c1ccc(C2CC(=O)N(c3cc([N+](=O)[O-])ccc3C)C3=C2C(=O)CCC3)cc1. The number of amides is 1. The van der Waals surface area contributed by atoms with Crippen molar-refractivity contribution in [1.29, 1.82) is 0 Å². The highest BCUT2D eigenvalue weighted by Crippen LogP contribution is 2.44. The number of Topliss-reactive ketones (excluding diaryl/α,β-unsaturated/α-hetero) is 1. The molecule has 2 aliphatic rings. The summed E-state index contributed by atoms with van der Waals surface area (Å²) in [5.41, 5.74) is 4.64. The Morgan fingerprint density at radius 2 is 1.76 bits per heavy atom. The van der Waals surface area contributed by atoms with E-state index in [0.717, 1.165) is 29.9 Å². The third-order valence-corrected chi connectivity index (χ3v) is 6.74. The fourth-order valence-corrected chi connectivity index (χ4v) is 5.02. The summed E-state index contributed by atoms with van der Waals surface area (Å²) in [6.45, 7) is 7.86. The molecule has 1 aliphatic carbocycles. The molecule has 1 amide bonds. The number of anilines is 2. The summed E-state index contributed by atoms with van der Waals surface area (Å²) in [5, 5.41) is 11.4. The smallest absolute Gasteiger partial charge is 0.271 e. The molecule has 7 heteroatoms. The summed E-state index contributed by atoms with van der Waals surface area (Å²) in [7, 11) is 0. The molecule has 0 radical (unpaired) electrons. The molecule has 2 aromatic carbocycles. The highest BCUT2D eigenvalue weighted by atomic mass is 16.6. The number of carbonyl (C=O) groups excluding carboxylic acids is 2. The van der Waals surface area contributed by atoms with Gasteiger partial charge in [0.15, 0.2) is 5.78 Å². The average Bonchev–Trinajstić information content (AvgIpc) is 2.80. The number of allylic oxidation sites excluding steroid dienone is 2. The topological polar surface area (TPSA) is 83.8 Å². The van der Waals surface area contributed by atoms with Crippen molar-refractivity contribution in [3.8, 4) is 0 Å². The molecule has 172 valence electrons. The number of hydrogen-bond donors (Lipinski definition) is 0. The predicted molar refractivity (Wildman–Crippen MR) is 129 cm³/mol. The van der Waals surface area contributed by atoms with Gasteiger partial charge in [-0.1, -0.05) is 18.2 Å². The normalized spacial score (nSPS) is 18.4. The van der Waals surface area contributed by atoms with Crippen molar-refractivity contribution in [1.82, 2.24) is 0 Å². The molecule has 0 N–H and O–H groups in total. The Morgan fingerprint density at radius 3 is 2.39 bits per heavy atom. The lowest BCUT2D eigenvalue weighted by atomic mass is 9.77. The third-order valence-electron chi connectivity index (χ3n) is 6.74. The van der Waals surface area contributed by atoms with Gasteiger partial charge in [0.05, 0.1) is 10.6 Å². The number of non-ortho nitro benzene ring substituents is 1. The molecular weight excluding hydrogens is 418 g/mol. The molecule has 7 nitrogen and oxygen atoms in total. The maximum absolute atomic E-state index is 13.4. The van der Waals surface area contributed by atoms with Gasteiger partial charge in [-0.25, -0.2) is 0 Å². The summed E-state index contributed by atoms with van der Waals surface area (Å²) < 4.78 is 0. The fourth-order valence-electron chi connectivity index (χ4n) is 5.02. The van der Waals surface area contributed by atoms with Crippen molar-refractivity contribution in [2.75, 3.05) is 22.9 Å². The standard InChI is InChI=1S/C26H29N3O4/c1-4-27(5-2)19-13-10-18(11-14-19)21-16-25(31)28(22-7-6-8-24(30)26(21)22)23-15-20(29(32)33)12-9-17(23)3/h9-15,21H,4-8,16H2,1-3H3. The number of nitrogens with zero attached hydrogens (tertiary/aromatic N) is 3. The van der Waals surface area contributed by atoms with Crippen LogP contribution in [-0.4, -0.2) is 29.7 Å². The van der Waals surface area contributed by atoms with Crippen molar-refractivity contribution in [3.05, 3.63) is 75.0 Å². The maximum atomic E-state index is 13.4. The fraction of sp³-hybridized carbons (Fsp3) is 0.385. The maximum Gasteiger partial charge on any atom is 0.271 e. The number of nitro benzene ring substituents is 1. The van der Waals surface area contributed by atoms with E-state index in [9.17, 15) is 19.7 Å². The first kappa shape index (κ1) is 22.7. The van der Waals surface area contributed by atoms with E-state index in [0.29, 0.717) is 36.2 Å². The van der Waals surface area contributed by atoms with Gasteiger partial charge >= 0.3 is 0 Å². The Balaban J connectivity index is 1.80. The van der Waals surface area contributed by atoms with Gasteiger partial charge in [-0.3, -0.25) is 24.6 Å². The zero-order valence-electron chi connectivity index (χ0n) is 19.3. The third kappa shape index (κ3) is 4.15. The largest absolute Gasteiger partial charge is 0.372 e. The van der Waals surface area contributed by atoms with Crippen molar-refractivity contribution in [3.63, 3.8) is 0 Å². The zero-order valence-corrected chi connectivity index (χ0v) is 19.3. The number of hydrogen-bond acceptors (Lipinski definition) is 5. The molecule has 33 heavy (non-hydrogen) atoms. The van der Waals surface area contributed by atoms with Crippen molar-refractivity contribution in [2.24, 2.45) is 0 Å². The van der Waals surface area contributed by atoms with Crippen LogP contribution in [0.5, 0.6) is 0 Å². The van der Waals surface area contributed by atoms with E-state index in [4.69, 9.17) is 0 Å². The minimum Gasteiger partial charge on any atom is -0.372 e. The van der Waals surface area contributed by atoms with Crippen LogP contribution in [0.3, 0.4) is 0 Å². The minimum atomic E-state index is -0.459.